The van der Waals surface area contributed by atoms with Crippen LogP contribution in [0.15, 0.2) is 127 Å². The summed E-state index contributed by atoms with van der Waals surface area (Å²) in [6, 6.07) is 38.2. The average molecular weight is 679 g/mol. The van der Waals surface area contributed by atoms with Crippen molar-refractivity contribution in [2.45, 2.75) is 17.8 Å². The molecule has 0 saturated heterocycles. The first-order valence-electron chi connectivity index (χ1n) is 13.5. The van der Waals surface area contributed by atoms with Crippen molar-refractivity contribution in [3.05, 3.63) is 144 Å². The maximum Gasteiger partial charge on any atom is 0.336 e. The molecule has 6 aromatic rings. The molecule has 3 N–H and O–H groups in total. The normalized spacial score (nSPS) is 10.0. The molecule has 0 amide bonds. The van der Waals surface area contributed by atoms with Crippen LogP contribution in [0.5, 0.6) is 0 Å². The Kier molecular flexibility index (Phi) is 12.3. The number of hydrogen-bond acceptors (Lipinski definition) is 3. The molecular formula is C36H32O6Sn. The van der Waals surface area contributed by atoms with Gasteiger partial charge in [0, 0.05) is 0 Å². The predicted molar refractivity (Wildman–Crippen MR) is 175 cm³/mol. The van der Waals surface area contributed by atoms with E-state index in [2.05, 4.69) is 13.8 Å². The molecule has 6 rings (SSSR count). The second-order valence-corrected chi connectivity index (χ2v) is 13.5. The molecule has 0 fully saturated rings. The van der Waals surface area contributed by atoms with Gasteiger partial charge in [0.1, 0.15) is 0 Å². The minimum Gasteiger partial charge on any atom is -0.478 e. The Balaban J connectivity index is 0.000000166. The fraction of sp³-hybridized carbons (Fsp3) is 0.0833. The number of fused-ring (bicyclic) bond motifs is 3. The van der Waals surface area contributed by atoms with E-state index in [0.717, 1.165) is 36.3 Å². The Bertz CT molecular complexity index is 1630. The zero-order chi connectivity index (χ0) is 31.4. The van der Waals surface area contributed by atoms with Crippen LogP contribution in [0, 0.1) is 0 Å². The fourth-order valence-corrected chi connectivity index (χ4v) is 4.24. The number of rotatable bonds is 3. The van der Waals surface area contributed by atoms with Crippen LogP contribution in [0.4, 0.5) is 0 Å². The van der Waals surface area contributed by atoms with Gasteiger partial charge in [-0.2, -0.15) is 0 Å². The van der Waals surface area contributed by atoms with Crippen molar-refractivity contribution in [3.63, 3.8) is 0 Å². The summed E-state index contributed by atoms with van der Waals surface area (Å²) in [5.41, 5.74) is 1.08. The third-order valence-electron chi connectivity index (χ3n) is 6.06. The Hall–Kier alpha value is -4.69. The molecule has 0 aromatic heterocycles. The van der Waals surface area contributed by atoms with Gasteiger partial charge in [0.05, 0.1) is 16.7 Å². The summed E-state index contributed by atoms with van der Waals surface area (Å²) in [7, 11) is 0. The molecule has 43 heavy (non-hydrogen) atoms. The first-order valence-corrected chi connectivity index (χ1v) is 15.4. The molecule has 2 radical (unpaired) electrons. The summed E-state index contributed by atoms with van der Waals surface area (Å²) < 4.78 is 0.963. The van der Waals surface area contributed by atoms with Crippen LogP contribution < -0.4 is 0 Å². The molecule has 0 aliphatic heterocycles. The van der Waals surface area contributed by atoms with Crippen molar-refractivity contribution in [3.8, 4) is 0 Å². The summed E-state index contributed by atoms with van der Waals surface area (Å²) in [5.74, 6) is -2.63. The maximum atomic E-state index is 10.8. The van der Waals surface area contributed by atoms with Crippen LogP contribution in [-0.4, -0.2) is 55.8 Å². The predicted octanol–water partition coefficient (Wildman–Crippen LogP) is 8.33. The number of benzene rings is 6. The van der Waals surface area contributed by atoms with E-state index in [-0.39, 0.29) is 0 Å². The molecule has 0 atom stereocenters. The zero-order valence-corrected chi connectivity index (χ0v) is 27.1. The van der Waals surface area contributed by atoms with Gasteiger partial charge in [-0.15, -0.1) is 0 Å². The molecule has 0 spiro atoms. The van der Waals surface area contributed by atoms with Gasteiger partial charge < -0.3 is 15.3 Å². The van der Waals surface area contributed by atoms with Gasteiger partial charge in [-0.05, 0) is 50.5 Å². The first kappa shape index (κ1) is 32.8. The molecular weight excluding hydrogens is 647 g/mol. The summed E-state index contributed by atoms with van der Waals surface area (Å²) in [6.45, 7) is 4.45. The van der Waals surface area contributed by atoms with Gasteiger partial charge in [0.2, 0.25) is 0 Å². The topological polar surface area (TPSA) is 112 Å². The first-order chi connectivity index (χ1) is 20.6. The molecule has 0 aliphatic rings. The molecule has 6 aromatic carbocycles. The monoisotopic (exact) mass is 680 g/mol. The Labute approximate surface area is 263 Å². The van der Waals surface area contributed by atoms with Crippen molar-refractivity contribution in [2.75, 3.05) is 0 Å². The number of carboxylic acids is 3. The fourth-order valence-electron chi connectivity index (χ4n) is 4.24. The largest absolute Gasteiger partial charge is 0.478 e. The smallest absolute Gasteiger partial charge is 0.336 e. The molecule has 6 nitrogen and oxygen atoms in total. The third-order valence-corrected chi connectivity index (χ3v) is 6.06. The zero-order valence-electron chi connectivity index (χ0n) is 23.8. The summed E-state index contributed by atoms with van der Waals surface area (Å²) >= 11 is 1.40. The minimum absolute atomic E-state index is 0.359. The molecule has 0 aliphatic carbocycles. The summed E-state index contributed by atoms with van der Waals surface area (Å²) in [5, 5.41) is 31.9. The van der Waals surface area contributed by atoms with E-state index >= 15 is 0 Å². The molecule has 216 valence electrons. The van der Waals surface area contributed by atoms with Crippen molar-refractivity contribution >= 4 is 72.8 Å². The van der Waals surface area contributed by atoms with Crippen LogP contribution in [0.1, 0.15) is 44.9 Å². The van der Waals surface area contributed by atoms with Gasteiger partial charge in [0.15, 0.2) is 0 Å². The van der Waals surface area contributed by atoms with Gasteiger partial charge in [-0.25, -0.2) is 14.4 Å². The number of carbonyl (C=O) groups is 3. The number of carboxylic acid groups (broad SMARTS) is 3. The Morgan fingerprint density at radius 1 is 0.442 bits per heavy atom. The number of hydrogen-bond donors (Lipinski definition) is 3. The van der Waals surface area contributed by atoms with Gasteiger partial charge >= 0.3 is 58.2 Å². The van der Waals surface area contributed by atoms with Crippen LogP contribution in [-0.2, 0) is 0 Å². The molecule has 0 heterocycles. The van der Waals surface area contributed by atoms with E-state index in [1.807, 2.05) is 91.0 Å². The van der Waals surface area contributed by atoms with E-state index in [1.54, 1.807) is 36.4 Å². The Morgan fingerprint density at radius 2 is 0.651 bits per heavy atom. The van der Waals surface area contributed by atoms with E-state index in [1.165, 1.54) is 22.5 Å². The van der Waals surface area contributed by atoms with E-state index in [0.29, 0.717) is 16.7 Å². The standard InChI is InChI=1S/3C11H8O2.C3H7.Sn.H/c3*12-11(13)10-7-3-5-8-4-1-2-6-9(8)10;1-3-2;;/h3*1-7H,(H,12,13);3H,1-2H3;;. The SMILES string of the molecule is C[CH](C)[SnH].O=C(O)c1cccc2ccccc12.O=C(O)c1cccc2ccccc12.O=C(O)c1cccc2ccccc12. The Morgan fingerprint density at radius 3 is 0.884 bits per heavy atom. The van der Waals surface area contributed by atoms with Crippen molar-refractivity contribution in [2.24, 2.45) is 0 Å². The number of aromatic carboxylic acids is 3. The van der Waals surface area contributed by atoms with Gasteiger partial charge in [-0.3, -0.25) is 0 Å². The summed E-state index contributed by atoms with van der Waals surface area (Å²) in [6.07, 6.45) is 0. The average Bonchev–Trinajstić information content (AvgIpc) is 3.00. The van der Waals surface area contributed by atoms with Crippen LogP contribution in [0.2, 0.25) is 3.93 Å². The van der Waals surface area contributed by atoms with E-state index < -0.39 is 17.9 Å². The second kappa shape index (κ2) is 16.1. The third kappa shape index (κ3) is 9.41. The van der Waals surface area contributed by atoms with Crippen LogP contribution >= 0.6 is 0 Å². The quantitative estimate of drug-likeness (QED) is 0.162. The van der Waals surface area contributed by atoms with Crippen molar-refractivity contribution in [1.29, 1.82) is 0 Å². The second-order valence-electron chi connectivity index (χ2n) is 9.74. The van der Waals surface area contributed by atoms with Crippen molar-refractivity contribution in [1.82, 2.24) is 0 Å². The molecule has 0 unspecified atom stereocenters. The van der Waals surface area contributed by atoms with Crippen LogP contribution in [0.25, 0.3) is 32.3 Å². The van der Waals surface area contributed by atoms with Gasteiger partial charge in [0.25, 0.3) is 0 Å². The van der Waals surface area contributed by atoms with E-state index in [9.17, 15) is 14.4 Å². The summed E-state index contributed by atoms with van der Waals surface area (Å²) in [4.78, 5) is 32.4. The molecule has 7 heteroatoms. The van der Waals surface area contributed by atoms with Gasteiger partial charge in [-0.1, -0.05) is 109 Å². The van der Waals surface area contributed by atoms with Crippen LogP contribution in [0.3, 0.4) is 0 Å². The molecule has 0 saturated carbocycles. The molecule has 0 bridgehead atoms. The minimum atomic E-state index is -0.878. The van der Waals surface area contributed by atoms with Crippen molar-refractivity contribution < 1.29 is 29.7 Å². The van der Waals surface area contributed by atoms with E-state index in [4.69, 9.17) is 15.3 Å². The maximum absolute atomic E-state index is 10.8.